The van der Waals surface area contributed by atoms with Crippen molar-refractivity contribution in [2.45, 2.75) is 223 Å². The number of carbonyl (C=O) groups is 2. The average Bonchev–Trinajstić information content (AvgIpc) is 3.33. The van der Waals surface area contributed by atoms with Crippen LogP contribution in [0.25, 0.3) is 0 Å². The van der Waals surface area contributed by atoms with Gasteiger partial charge in [0.05, 0.1) is 19.8 Å². The van der Waals surface area contributed by atoms with E-state index in [1.807, 2.05) is 0 Å². The van der Waals surface area contributed by atoms with Crippen LogP contribution in [0.5, 0.6) is 0 Å². The lowest BCUT2D eigenvalue weighted by atomic mass is 9.98. The third-order valence-electron chi connectivity index (χ3n) is 11.7. The van der Waals surface area contributed by atoms with Gasteiger partial charge >= 0.3 is 11.9 Å². The molecule has 2 heterocycles. The molecule has 0 spiro atoms. The molecule has 11 atom stereocenters. The molecule has 2 rings (SSSR count). The number of carbonyl (C=O) groups excluding carboxylic acids is 2. The Bertz CT molecular complexity index is 1460. The molecule has 390 valence electrons. The monoisotopic (exact) mass is 965 g/mol. The lowest BCUT2D eigenvalue weighted by molar-refractivity contribution is -0.332. The van der Waals surface area contributed by atoms with Crippen molar-refractivity contribution in [3.8, 4) is 0 Å². The number of hydrogen-bond donors (Lipinski definition) is 7. The van der Waals surface area contributed by atoms with E-state index < -0.39 is 99.3 Å². The second-order valence-electron chi connectivity index (χ2n) is 17.6. The smallest absolute Gasteiger partial charge is 0.306 e. The maximum atomic E-state index is 13.0. The molecule has 0 aliphatic carbocycles. The van der Waals surface area contributed by atoms with Crippen molar-refractivity contribution in [3.63, 3.8) is 0 Å². The number of aliphatic hydroxyl groups is 7. The molecule has 0 aromatic rings. The van der Waals surface area contributed by atoms with E-state index in [1.54, 1.807) is 0 Å². The van der Waals surface area contributed by atoms with E-state index in [2.05, 4.69) is 86.8 Å². The zero-order valence-electron chi connectivity index (χ0n) is 41.1. The molecule has 0 aromatic carbocycles. The first-order valence-corrected chi connectivity index (χ1v) is 25.5. The Balaban J connectivity index is 1.83. The maximum Gasteiger partial charge on any atom is 0.306 e. The third-order valence-corrected chi connectivity index (χ3v) is 11.7. The van der Waals surface area contributed by atoms with Crippen molar-refractivity contribution in [1.29, 1.82) is 0 Å². The highest BCUT2D eigenvalue weighted by molar-refractivity contribution is 5.70. The third kappa shape index (κ3) is 27.4. The predicted octanol–water partition coefficient (Wildman–Crippen LogP) is 7.04. The van der Waals surface area contributed by atoms with Gasteiger partial charge in [-0.25, -0.2) is 0 Å². The quantitative estimate of drug-likeness (QED) is 0.0187. The minimum absolute atomic E-state index is 0.144. The summed E-state index contributed by atoms with van der Waals surface area (Å²) in [5.41, 5.74) is 0. The fourth-order valence-electron chi connectivity index (χ4n) is 7.47. The zero-order chi connectivity index (χ0) is 49.6. The van der Waals surface area contributed by atoms with Gasteiger partial charge in [0.15, 0.2) is 18.7 Å². The summed E-state index contributed by atoms with van der Waals surface area (Å²) in [5, 5.41) is 72.0. The minimum Gasteiger partial charge on any atom is -0.462 e. The highest BCUT2D eigenvalue weighted by atomic mass is 16.7. The molecular weight excluding hydrogens is 877 g/mol. The van der Waals surface area contributed by atoms with Gasteiger partial charge in [-0.05, 0) is 83.5 Å². The van der Waals surface area contributed by atoms with Crippen LogP contribution in [0.4, 0.5) is 0 Å². The first-order valence-electron chi connectivity index (χ1n) is 25.5. The van der Waals surface area contributed by atoms with Crippen molar-refractivity contribution >= 4 is 11.9 Å². The van der Waals surface area contributed by atoms with Gasteiger partial charge in [0.25, 0.3) is 0 Å². The fourth-order valence-corrected chi connectivity index (χ4v) is 7.47. The summed E-state index contributed by atoms with van der Waals surface area (Å²) in [6.45, 7) is 2.40. The number of aliphatic hydroxyl groups excluding tert-OH is 7. The van der Waals surface area contributed by atoms with Gasteiger partial charge in [0.1, 0.15) is 55.4 Å². The van der Waals surface area contributed by atoms with E-state index in [9.17, 15) is 45.3 Å². The fraction of sp³-hybridized carbons (Fsp3) is 0.736. The number of hydrogen-bond acceptors (Lipinski definition) is 15. The van der Waals surface area contributed by atoms with Crippen LogP contribution in [0.3, 0.4) is 0 Å². The SMILES string of the molecule is CC/C=C/C/C=C/C/C=C/C/C=C/C/C=C/CCCCCC(=O)OC[C@@H](CO[C@@H]1O[C@H](CO[C@@H]2O[C@H](CO)[C@H](O)C(O)C2O)[C@H](O)C(O)C1O)OC(=O)CCCCCCC/C=C/CCCCCC. The summed E-state index contributed by atoms with van der Waals surface area (Å²) >= 11 is 0. The van der Waals surface area contributed by atoms with Gasteiger partial charge in [-0.1, -0.05) is 132 Å². The lowest BCUT2D eigenvalue weighted by Crippen LogP contribution is -2.61. The van der Waals surface area contributed by atoms with E-state index in [0.717, 1.165) is 89.9 Å². The summed E-state index contributed by atoms with van der Waals surface area (Å²) < 4.78 is 33.5. The van der Waals surface area contributed by atoms with E-state index in [0.29, 0.717) is 12.8 Å². The molecule has 4 unspecified atom stereocenters. The van der Waals surface area contributed by atoms with Gasteiger partial charge in [-0.3, -0.25) is 9.59 Å². The van der Waals surface area contributed by atoms with Crippen LogP contribution in [0, 0.1) is 0 Å². The van der Waals surface area contributed by atoms with Crippen LogP contribution in [-0.4, -0.2) is 142 Å². The van der Waals surface area contributed by atoms with Gasteiger partial charge < -0.3 is 64.2 Å². The van der Waals surface area contributed by atoms with Crippen LogP contribution < -0.4 is 0 Å². The molecular formula is C53H88O15. The molecule has 7 N–H and O–H groups in total. The summed E-state index contributed by atoms with van der Waals surface area (Å²) in [5.74, 6) is -0.979. The first-order chi connectivity index (χ1) is 33.0. The predicted molar refractivity (Wildman–Crippen MR) is 261 cm³/mol. The lowest BCUT2D eigenvalue weighted by Gasteiger charge is -2.42. The van der Waals surface area contributed by atoms with Crippen LogP contribution >= 0.6 is 0 Å². The number of esters is 2. The van der Waals surface area contributed by atoms with Crippen molar-refractivity contribution in [3.05, 3.63) is 72.9 Å². The molecule has 0 amide bonds. The molecule has 15 nitrogen and oxygen atoms in total. The molecule has 2 aliphatic heterocycles. The number of ether oxygens (including phenoxy) is 6. The molecule has 2 fully saturated rings. The van der Waals surface area contributed by atoms with Crippen molar-refractivity contribution in [1.82, 2.24) is 0 Å². The second kappa shape index (κ2) is 39.6. The van der Waals surface area contributed by atoms with E-state index in [4.69, 9.17) is 28.4 Å². The van der Waals surface area contributed by atoms with Crippen molar-refractivity contribution in [2.75, 3.05) is 26.4 Å². The van der Waals surface area contributed by atoms with E-state index in [-0.39, 0.29) is 19.4 Å². The summed E-state index contributed by atoms with van der Waals surface area (Å²) in [6, 6.07) is 0. The van der Waals surface area contributed by atoms with Crippen LogP contribution in [0.15, 0.2) is 72.9 Å². The van der Waals surface area contributed by atoms with Gasteiger partial charge in [0, 0.05) is 12.8 Å². The molecule has 0 saturated carbocycles. The molecule has 2 saturated heterocycles. The largest absolute Gasteiger partial charge is 0.462 e. The van der Waals surface area contributed by atoms with Crippen molar-refractivity contribution in [2.24, 2.45) is 0 Å². The highest BCUT2D eigenvalue weighted by Crippen LogP contribution is 2.26. The number of rotatable bonds is 38. The van der Waals surface area contributed by atoms with Gasteiger partial charge in [0.2, 0.25) is 0 Å². The van der Waals surface area contributed by atoms with Crippen molar-refractivity contribution < 1.29 is 73.8 Å². The number of allylic oxidation sites excluding steroid dienone is 12. The molecule has 68 heavy (non-hydrogen) atoms. The maximum absolute atomic E-state index is 13.0. The Morgan fingerprint density at radius 3 is 1.49 bits per heavy atom. The normalized spacial score (nSPS) is 26.4. The standard InChI is InChI=1S/C53H88O15/c1-3-5-7-9-11-13-15-17-18-19-20-21-22-24-25-27-29-31-33-35-44(55)63-38-41(66-45(56)36-34-32-30-28-26-23-16-14-12-10-8-6-4-2)39-64-52-51(62)49(60)47(58)43(68-52)40-65-53-50(61)48(59)46(57)42(37-54)67-53/h5,7,11,13-14,16-18,20-21,24-25,41-43,46-54,57-62H,3-4,6,8-10,12,15,19,22-23,26-40H2,1-2H3/b7-5+,13-11+,16-14+,18-17+,21-20+,25-24+/t41-,42+,43+,46-,47-,48?,49?,50?,51?,52+,53+/m0/s1. The first kappa shape index (κ1) is 61.1. The topological polar surface area (TPSA) is 231 Å². The summed E-state index contributed by atoms with van der Waals surface area (Å²) in [7, 11) is 0. The Morgan fingerprint density at radius 2 is 0.926 bits per heavy atom. The number of unbranched alkanes of at least 4 members (excludes halogenated alkanes) is 12. The summed E-state index contributed by atoms with van der Waals surface area (Å²) in [4.78, 5) is 25.7. The molecule has 0 radical (unpaired) electrons. The van der Waals surface area contributed by atoms with Crippen LogP contribution in [-0.2, 0) is 38.0 Å². The zero-order valence-corrected chi connectivity index (χ0v) is 41.1. The van der Waals surface area contributed by atoms with Gasteiger partial charge in [-0.15, -0.1) is 0 Å². The van der Waals surface area contributed by atoms with Crippen LogP contribution in [0.1, 0.15) is 155 Å². The van der Waals surface area contributed by atoms with E-state index >= 15 is 0 Å². The van der Waals surface area contributed by atoms with Crippen LogP contribution in [0.2, 0.25) is 0 Å². The highest BCUT2D eigenvalue weighted by Gasteiger charge is 2.47. The summed E-state index contributed by atoms with van der Waals surface area (Å²) in [6.07, 6.45) is 29.3. The average molecular weight is 965 g/mol. The second-order valence-corrected chi connectivity index (χ2v) is 17.6. The Hall–Kier alpha value is -3.06. The molecule has 15 heteroatoms. The Morgan fingerprint density at radius 1 is 0.485 bits per heavy atom. The Labute approximate surface area is 406 Å². The van der Waals surface area contributed by atoms with E-state index in [1.165, 1.54) is 25.7 Å². The molecule has 2 aliphatic rings. The Kier molecular flexibility index (Phi) is 35.6. The molecule has 0 bridgehead atoms. The van der Waals surface area contributed by atoms with Gasteiger partial charge in [-0.2, -0.15) is 0 Å². The molecule has 0 aromatic heterocycles. The minimum atomic E-state index is -1.77.